The largest absolute Gasteiger partial charge is 0.324 e. The first kappa shape index (κ1) is 7.72. The lowest BCUT2D eigenvalue weighted by atomic mass is 10.3. The summed E-state index contributed by atoms with van der Waals surface area (Å²) >= 11 is 0. The number of amides is 1. The van der Waals surface area contributed by atoms with E-state index in [0.29, 0.717) is 11.4 Å². The molecule has 0 aromatic heterocycles. The van der Waals surface area contributed by atoms with Gasteiger partial charge in [-0.05, 0) is 13.0 Å². The second-order valence-corrected chi connectivity index (χ2v) is 2.44. The standard InChI is InChI=1S/C8H10N2O/c1-5-4-8(6(2)9-5)10-7(3)11/h4H,2H2,1,3H3,(H,10,11). The molecule has 1 aliphatic rings. The van der Waals surface area contributed by atoms with Crippen molar-refractivity contribution in [2.45, 2.75) is 13.8 Å². The van der Waals surface area contributed by atoms with E-state index in [2.05, 4.69) is 16.9 Å². The van der Waals surface area contributed by atoms with E-state index >= 15 is 0 Å². The van der Waals surface area contributed by atoms with Crippen molar-refractivity contribution in [1.29, 1.82) is 0 Å². The number of hydrogen-bond donors (Lipinski definition) is 1. The van der Waals surface area contributed by atoms with Crippen LogP contribution in [0.2, 0.25) is 0 Å². The van der Waals surface area contributed by atoms with E-state index in [9.17, 15) is 4.79 Å². The van der Waals surface area contributed by atoms with E-state index < -0.39 is 0 Å². The predicted octanol–water partition coefficient (Wildman–Crippen LogP) is 0.995. The Morgan fingerprint density at radius 2 is 2.36 bits per heavy atom. The van der Waals surface area contributed by atoms with Gasteiger partial charge in [-0.15, -0.1) is 0 Å². The third-order valence-corrected chi connectivity index (χ3v) is 1.29. The topological polar surface area (TPSA) is 41.5 Å². The molecule has 0 aromatic rings. The Kier molecular flexibility index (Phi) is 1.89. The smallest absolute Gasteiger partial charge is 0.221 e. The van der Waals surface area contributed by atoms with E-state index in [1.807, 2.05) is 6.92 Å². The molecule has 1 amide bonds. The molecule has 0 fully saturated rings. The molecule has 0 unspecified atom stereocenters. The maximum Gasteiger partial charge on any atom is 0.221 e. The minimum atomic E-state index is -0.0951. The zero-order valence-electron chi connectivity index (χ0n) is 6.64. The first-order valence-electron chi connectivity index (χ1n) is 3.33. The minimum absolute atomic E-state index is 0.0951. The van der Waals surface area contributed by atoms with Gasteiger partial charge in [-0.3, -0.25) is 9.79 Å². The van der Waals surface area contributed by atoms with E-state index in [0.717, 1.165) is 5.71 Å². The molecule has 0 saturated heterocycles. The van der Waals surface area contributed by atoms with Crippen LogP contribution in [0.25, 0.3) is 0 Å². The zero-order valence-corrected chi connectivity index (χ0v) is 6.64. The quantitative estimate of drug-likeness (QED) is 0.595. The third-order valence-electron chi connectivity index (χ3n) is 1.29. The Hall–Kier alpha value is -1.38. The first-order chi connectivity index (χ1) is 5.09. The summed E-state index contributed by atoms with van der Waals surface area (Å²) in [5.74, 6) is -0.0951. The van der Waals surface area contributed by atoms with Gasteiger partial charge in [-0.1, -0.05) is 6.58 Å². The summed E-state index contributed by atoms with van der Waals surface area (Å²) < 4.78 is 0. The maximum absolute atomic E-state index is 10.6. The molecule has 3 heteroatoms. The average Bonchev–Trinajstić information content (AvgIpc) is 2.09. The van der Waals surface area contributed by atoms with E-state index in [-0.39, 0.29) is 5.91 Å². The van der Waals surface area contributed by atoms with Crippen LogP contribution in [0.4, 0.5) is 0 Å². The molecule has 1 rings (SSSR count). The van der Waals surface area contributed by atoms with Crippen molar-refractivity contribution >= 4 is 11.6 Å². The zero-order chi connectivity index (χ0) is 8.43. The molecule has 58 valence electrons. The van der Waals surface area contributed by atoms with Crippen LogP contribution in [0.15, 0.2) is 29.0 Å². The monoisotopic (exact) mass is 150 g/mol. The molecule has 0 spiro atoms. The van der Waals surface area contributed by atoms with Gasteiger partial charge in [0.2, 0.25) is 5.91 Å². The fourth-order valence-electron chi connectivity index (χ4n) is 0.895. The van der Waals surface area contributed by atoms with Gasteiger partial charge >= 0.3 is 0 Å². The van der Waals surface area contributed by atoms with Crippen molar-refractivity contribution in [3.8, 4) is 0 Å². The Balaban J connectivity index is 2.71. The Morgan fingerprint density at radius 1 is 1.73 bits per heavy atom. The molecular formula is C8H10N2O. The fourth-order valence-corrected chi connectivity index (χ4v) is 0.895. The second kappa shape index (κ2) is 2.70. The third kappa shape index (κ3) is 1.77. The van der Waals surface area contributed by atoms with Crippen molar-refractivity contribution in [1.82, 2.24) is 5.32 Å². The van der Waals surface area contributed by atoms with Crippen LogP contribution in [0.5, 0.6) is 0 Å². The fraction of sp³-hybridized carbons (Fsp3) is 0.250. The van der Waals surface area contributed by atoms with Gasteiger partial charge in [0.1, 0.15) is 0 Å². The molecule has 1 N–H and O–H groups in total. The van der Waals surface area contributed by atoms with Crippen LogP contribution < -0.4 is 5.32 Å². The molecule has 0 aliphatic carbocycles. The van der Waals surface area contributed by atoms with Gasteiger partial charge in [0, 0.05) is 12.6 Å². The van der Waals surface area contributed by atoms with Crippen molar-refractivity contribution in [3.05, 3.63) is 24.0 Å². The molecule has 3 nitrogen and oxygen atoms in total. The number of nitrogens with one attached hydrogen (secondary N) is 1. The number of rotatable bonds is 1. The lowest BCUT2D eigenvalue weighted by molar-refractivity contribution is -0.118. The molecule has 0 saturated carbocycles. The Morgan fingerprint density at radius 3 is 2.73 bits per heavy atom. The highest BCUT2D eigenvalue weighted by atomic mass is 16.1. The average molecular weight is 150 g/mol. The highest BCUT2D eigenvalue weighted by molar-refractivity contribution is 5.98. The molecule has 0 radical (unpaired) electrons. The molecular weight excluding hydrogens is 140 g/mol. The lowest BCUT2D eigenvalue weighted by Gasteiger charge is -2.00. The second-order valence-electron chi connectivity index (χ2n) is 2.44. The molecule has 0 bridgehead atoms. The number of allylic oxidation sites excluding steroid dienone is 1. The summed E-state index contributed by atoms with van der Waals surface area (Å²) in [5.41, 5.74) is 2.20. The highest BCUT2D eigenvalue weighted by Crippen LogP contribution is 2.13. The van der Waals surface area contributed by atoms with Crippen molar-refractivity contribution in [2.24, 2.45) is 4.99 Å². The summed E-state index contributed by atoms with van der Waals surface area (Å²) in [6, 6.07) is 0. The van der Waals surface area contributed by atoms with Crippen LogP contribution in [0.1, 0.15) is 13.8 Å². The normalized spacial score (nSPS) is 16.0. The van der Waals surface area contributed by atoms with E-state index in [1.54, 1.807) is 6.08 Å². The summed E-state index contributed by atoms with van der Waals surface area (Å²) in [7, 11) is 0. The highest BCUT2D eigenvalue weighted by Gasteiger charge is 2.09. The summed E-state index contributed by atoms with van der Waals surface area (Å²) in [5, 5.41) is 2.63. The molecule has 1 heterocycles. The van der Waals surface area contributed by atoms with Crippen LogP contribution in [0, 0.1) is 0 Å². The molecule has 1 aliphatic heterocycles. The Labute approximate surface area is 65.5 Å². The number of carbonyl (C=O) groups excluding carboxylic acids is 1. The van der Waals surface area contributed by atoms with E-state index in [4.69, 9.17) is 0 Å². The number of nitrogens with zero attached hydrogens (tertiary/aromatic N) is 1. The minimum Gasteiger partial charge on any atom is -0.324 e. The van der Waals surface area contributed by atoms with Gasteiger partial charge in [0.25, 0.3) is 0 Å². The van der Waals surface area contributed by atoms with Gasteiger partial charge in [-0.25, -0.2) is 0 Å². The summed E-state index contributed by atoms with van der Waals surface area (Å²) in [4.78, 5) is 14.6. The maximum atomic E-state index is 10.6. The SMILES string of the molecule is C=C1N=C(C)C=C1NC(C)=O. The van der Waals surface area contributed by atoms with Crippen LogP contribution in [-0.4, -0.2) is 11.6 Å². The predicted molar refractivity (Wildman–Crippen MR) is 44.1 cm³/mol. The van der Waals surface area contributed by atoms with Crippen LogP contribution >= 0.6 is 0 Å². The molecule has 0 atom stereocenters. The van der Waals surface area contributed by atoms with Gasteiger partial charge in [0.15, 0.2) is 0 Å². The van der Waals surface area contributed by atoms with Crippen LogP contribution in [0.3, 0.4) is 0 Å². The van der Waals surface area contributed by atoms with Crippen LogP contribution in [-0.2, 0) is 4.79 Å². The first-order valence-corrected chi connectivity index (χ1v) is 3.33. The number of hydrogen-bond acceptors (Lipinski definition) is 2. The summed E-state index contributed by atoms with van der Waals surface area (Å²) in [6.45, 7) is 6.99. The lowest BCUT2D eigenvalue weighted by Crippen LogP contribution is -2.18. The summed E-state index contributed by atoms with van der Waals surface area (Å²) in [6.07, 6.45) is 1.80. The van der Waals surface area contributed by atoms with Gasteiger partial charge in [0.05, 0.1) is 11.4 Å². The number of carbonyl (C=O) groups is 1. The van der Waals surface area contributed by atoms with Gasteiger partial charge < -0.3 is 5.32 Å². The number of aliphatic imine (C=N–C) groups is 1. The molecule has 0 aromatic carbocycles. The Bertz CT molecular complexity index is 274. The van der Waals surface area contributed by atoms with Crippen molar-refractivity contribution < 1.29 is 4.79 Å². The van der Waals surface area contributed by atoms with Crippen molar-refractivity contribution in [2.75, 3.05) is 0 Å². The van der Waals surface area contributed by atoms with Crippen molar-refractivity contribution in [3.63, 3.8) is 0 Å². The van der Waals surface area contributed by atoms with E-state index in [1.165, 1.54) is 6.92 Å². The van der Waals surface area contributed by atoms with Gasteiger partial charge in [-0.2, -0.15) is 0 Å². The molecule has 11 heavy (non-hydrogen) atoms.